The predicted octanol–water partition coefficient (Wildman–Crippen LogP) is 2.75. The molecule has 4 N–H and O–H groups in total. The molecule has 2 aromatic carbocycles. The number of fused-ring (bicyclic) bond motifs is 1. The van der Waals surface area contributed by atoms with E-state index < -0.39 is 17.8 Å². The summed E-state index contributed by atoms with van der Waals surface area (Å²) in [5.41, 5.74) is 2.33. The van der Waals surface area contributed by atoms with Gasteiger partial charge in [0.25, 0.3) is 11.8 Å². The Morgan fingerprint density at radius 2 is 1.58 bits per heavy atom. The second kappa shape index (κ2) is 9.82. The Kier molecular flexibility index (Phi) is 6.64. The molecule has 2 heterocycles. The number of nitrogens with one attached hydrogen (secondary N) is 2. The smallest absolute Gasteiger partial charge is 0.335 e. The molecule has 0 saturated heterocycles. The van der Waals surface area contributed by atoms with Crippen molar-refractivity contribution in [2.24, 2.45) is 0 Å². The molecule has 184 valence electrons. The Morgan fingerprint density at radius 3 is 2.22 bits per heavy atom. The van der Waals surface area contributed by atoms with Crippen LogP contribution in [0.4, 0.5) is 4.39 Å². The molecule has 36 heavy (non-hydrogen) atoms. The highest BCUT2D eigenvalue weighted by Crippen LogP contribution is 2.17. The van der Waals surface area contributed by atoms with Crippen molar-refractivity contribution in [3.8, 4) is 5.88 Å². The lowest BCUT2D eigenvalue weighted by Crippen LogP contribution is -2.28. The van der Waals surface area contributed by atoms with Gasteiger partial charge in [-0.3, -0.25) is 9.59 Å². The minimum Gasteiger partial charge on any atom is -0.493 e. The number of aromatic nitrogens is 3. The third kappa shape index (κ3) is 4.99. The molecule has 0 fully saturated rings. The first-order valence-corrected chi connectivity index (χ1v) is 10.9. The number of benzene rings is 2. The average Bonchev–Trinajstić information content (AvgIpc) is 3.23. The molecule has 0 spiro atoms. The summed E-state index contributed by atoms with van der Waals surface area (Å²) in [6.45, 7) is 3.46. The third-order valence-corrected chi connectivity index (χ3v) is 5.57. The van der Waals surface area contributed by atoms with Gasteiger partial charge in [-0.25, -0.2) is 23.6 Å². The van der Waals surface area contributed by atoms with Gasteiger partial charge >= 0.3 is 5.97 Å². The summed E-state index contributed by atoms with van der Waals surface area (Å²) in [4.78, 5) is 45.0. The zero-order valence-electron chi connectivity index (χ0n) is 19.4. The summed E-state index contributed by atoms with van der Waals surface area (Å²) in [6, 6.07) is 10.4. The number of hydrogen-bond acceptors (Lipinski definition) is 6. The van der Waals surface area contributed by atoms with E-state index in [4.69, 9.17) is 0 Å². The predicted molar refractivity (Wildman–Crippen MR) is 126 cm³/mol. The van der Waals surface area contributed by atoms with Crippen molar-refractivity contribution in [2.45, 2.75) is 26.9 Å². The van der Waals surface area contributed by atoms with E-state index in [1.54, 1.807) is 38.1 Å². The van der Waals surface area contributed by atoms with Crippen molar-refractivity contribution in [1.29, 1.82) is 0 Å². The first-order chi connectivity index (χ1) is 17.1. The van der Waals surface area contributed by atoms with E-state index in [9.17, 15) is 29.0 Å². The Morgan fingerprint density at radius 1 is 0.944 bits per heavy atom. The number of imidazole rings is 1. The fourth-order valence-electron chi connectivity index (χ4n) is 3.70. The SMILES string of the molecule is Cc1cc(CNC(=O)c2cc(C(=O)NCc3ccc(C(=O)O)c(C)c3)n3c(O)cnc3n2)ccc1F. The quantitative estimate of drug-likeness (QED) is 0.311. The topological polar surface area (TPSA) is 146 Å². The van der Waals surface area contributed by atoms with Gasteiger partial charge in [0.15, 0.2) is 0 Å². The molecule has 0 aliphatic rings. The molecule has 11 heteroatoms. The summed E-state index contributed by atoms with van der Waals surface area (Å²) in [5, 5.41) is 24.7. The van der Waals surface area contributed by atoms with Gasteiger partial charge in [0.05, 0.1) is 11.8 Å². The van der Waals surface area contributed by atoms with Gasteiger partial charge in [0.2, 0.25) is 11.7 Å². The molecule has 4 aromatic rings. The number of aromatic hydroxyl groups is 1. The van der Waals surface area contributed by atoms with Crippen molar-refractivity contribution < 1.29 is 29.0 Å². The van der Waals surface area contributed by atoms with Gasteiger partial charge in [-0.15, -0.1) is 0 Å². The highest BCUT2D eigenvalue weighted by molar-refractivity contribution is 5.98. The van der Waals surface area contributed by atoms with Crippen LogP contribution in [0.25, 0.3) is 5.78 Å². The number of carboxylic acids is 1. The van der Waals surface area contributed by atoms with Crippen molar-refractivity contribution in [3.05, 3.63) is 93.7 Å². The number of nitrogens with zero attached hydrogens (tertiary/aromatic N) is 3. The molecular weight excluding hydrogens is 469 g/mol. The van der Waals surface area contributed by atoms with Crippen LogP contribution >= 0.6 is 0 Å². The molecule has 0 atom stereocenters. The number of aryl methyl sites for hydroxylation is 2. The molecule has 0 aliphatic carbocycles. The summed E-state index contributed by atoms with van der Waals surface area (Å²) in [5.74, 6) is -2.98. The van der Waals surface area contributed by atoms with Crippen molar-refractivity contribution in [3.63, 3.8) is 0 Å². The average molecular weight is 491 g/mol. The number of carbonyl (C=O) groups excluding carboxylic acids is 2. The molecule has 0 unspecified atom stereocenters. The van der Waals surface area contributed by atoms with Crippen LogP contribution < -0.4 is 10.6 Å². The molecule has 0 radical (unpaired) electrons. The Balaban J connectivity index is 1.54. The zero-order valence-corrected chi connectivity index (χ0v) is 19.4. The van der Waals surface area contributed by atoms with Crippen molar-refractivity contribution in [1.82, 2.24) is 25.0 Å². The second-order valence-electron chi connectivity index (χ2n) is 8.18. The molecule has 2 aromatic heterocycles. The molecule has 0 aliphatic heterocycles. The fraction of sp³-hybridized carbons (Fsp3) is 0.160. The lowest BCUT2D eigenvalue weighted by atomic mass is 10.1. The number of amides is 2. The van der Waals surface area contributed by atoms with Crippen molar-refractivity contribution >= 4 is 23.6 Å². The van der Waals surface area contributed by atoms with Gasteiger partial charge in [-0.05, 0) is 54.3 Å². The van der Waals surface area contributed by atoms with Crippen LogP contribution in [-0.4, -0.2) is 42.4 Å². The number of hydrogen-bond donors (Lipinski definition) is 4. The minimum atomic E-state index is -1.04. The summed E-state index contributed by atoms with van der Waals surface area (Å²) >= 11 is 0. The maximum atomic E-state index is 13.5. The van der Waals surface area contributed by atoms with E-state index >= 15 is 0 Å². The lowest BCUT2D eigenvalue weighted by molar-refractivity contribution is 0.0695. The summed E-state index contributed by atoms with van der Waals surface area (Å²) in [7, 11) is 0. The van der Waals surface area contributed by atoms with E-state index in [0.717, 1.165) is 10.6 Å². The fourth-order valence-corrected chi connectivity index (χ4v) is 3.70. The number of rotatable bonds is 7. The maximum Gasteiger partial charge on any atom is 0.335 e. The first-order valence-electron chi connectivity index (χ1n) is 10.9. The maximum absolute atomic E-state index is 13.5. The number of carboxylic acid groups (broad SMARTS) is 1. The van der Waals surface area contributed by atoms with E-state index in [1.165, 1.54) is 18.2 Å². The number of carbonyl (C=O) groups is 3. The zero-order chi connectivity index (χ0) is 26.0. The van der Waals surface area contributed by atoms with Crippen LogP contribution in [0.3, 0.4) is 0 Å². The highest BCUT2D eigenvalue weighted by Gasteiger charge is 2.20. The standard InChI is InChI=1S/C25H22FN5O5/c1-13-7-15(3-5-17(13)24(35)36)11-28-23(34)20-9-19(30-25-29-12-21(32)31(20)25)22(33)27-10-16-4-6-18(26)14(2)8-16/h3-9,12,32H,10-11H2,1-2H3,(H,27,33)(H,28,34)(H,35,36). The Hall–Kier alpha value is -4.80. The highest BCUT2D eigenvalue weighted by atomic mass is 19.1. The van der Waals surface area contributed by atoms with Crippen LogP contribution in [0, 0.1) is 19.7 Å². The lowest BCUT2D eigenvalue weighted by Gasteiger charge is -2.11. The van der Waals surface area contributed by atoms with E-state index in [1.807, 2.05) is 0 Å². The summed E-state index contributed by atoms with van der Waals surface area (Å²) < 4.78 is 14.6. The summed E-state index contributed by atoms with van der Waals surface area (Å²) in [6.07, 6.45) is 1.11. The van der Waals surface area contributed by atoms with E-state index in [0.29, 0.717) is 22.3 Å². The Bertz CT molecular complexity index is 1510. The number of halogens is 1. The second-order valence-corrected chi connectivity index (χ2v) is 8.18. The molecular formula is C25H22FN5O5. The van der Waals surface area contributed by atoms with Crippen LogP contribution in [-0.2, 0) is 13.1 Å². The molecule has 2 amide bonds. The monoisotopic (exact) mass is 491 g/mol. The normalized spacial score (nSPS) is 10.9. The van der Waals surface area contributed by atoms with Crippen LogP contribution in [0.5, 0.6) is 5.88 Å². The molecule has 10 nitrogen and oxygen atoms in total. The van der Waals surface area contributed by atoms with Gasteiger partial charge in [0.1, 0.15) is 17.2 Å². The van der Waals surface area contributed by atoms with E-state index in [2.05, 4.69) is 20.6 Å². The minimum absolute atomic E-state index is 0.0513. The van der Waals surface area contributed by atoms with Crippen molar-refractivity contribution in [2.75, 3.05) is 0 Å². The van der Waals surface area contributed by atoms with Crippen LogP contribution in [0.1, 0.15) is 53.6 Å². The van der Waals surface area contributed by atoms with E-state index in [-0.39, 0.29) is 47.5 Å². The molecule has 0 bridgehead atoms. The van der Waals surface area contributed by atoms with Crippen LogP contribution in [0.15, 0.2) is 48.7 Å². The van der Waals surface area contributed by atoms with Gasteiger partial charge in [-0.2, -0.15) is 0 Å². The molecule has 0 saturated carbocycles. The Labute approximate surface area is 204 Å². The van der Waals surface area contributed by atoms with Crippen LogP contribution in [0.2, 0.25) is 0 Å². The third-order valence-electron chi connectivity index (χ3n) is 5.57. The van der Waals surface area contributed by atoms with Gasteiger partial charge in [0, 0.05) is 13.1 Å². The van der Waals surface area contributed by atoms with Gasteiger partial charge in [-0.1, -0.05) is 24.3 Å². The molecule has 4 rings (SSSR count). The van der Waals surface area contributed by atoms with Gasteiger partial charge < -0.3 is 20.8 Å². The number of aromatic carboxylic acids is 1. The first kappa shape index (κ1) is 24.3. The largest absolute Gasteiger partial charge is 0.493 e.